The lowest BCUT2D eigenvalue weighted by Gasteiger charge is -2.37. The monoisotopic (exact) mass is 226 g/mol. The molecule has 3 atom stereocenters. The molecule has 0 unspecified atom stereocenters. The highest BCUT2D eigenvalue weighted by atomic mass is 16.3. The van der Waals surface area contributed by atoms with Crippen LogP contribution in [0.25, 0.3) is 0 Å². The minimum atomic E-state index is -0.228. The first-order valence-electron chi connectivity index (χ1n) is 6.36. The normalized spacial score (nSPS) is 36.1. The fourth-order valence-corrected chi connectivity index (χ4v) is 2.65. The summed E-state index contributed by atoms with van der Waals surface area (Å²) < 4.78 is 0. The van der Waals surface area contributed by atoms with Gasteiger partial charge in [-0.05, 0) is 31.7 Å². The van der Waals surface area contributed by atoms with Crippen molar-refractivity contribution in [3.8, 4) is 0 Å². The van der Waals surface area contributed by atoms with E-state index in [1.807, 2.05) is 11.8 Å². The lowest BCUT2D eigenvalue weighted by atomic mass is 9.93. The number of hydrogen-bond acceptors (Lipinski definition) is 3. The molecule has 4 nitrogen and oxygen atoms in total. The van der Waals surface area contributed by atoms with E-state index in [0.29, 0.717) is 0 Å². The number of nitrogens with zero attached hydrogens (tertiary/aromatic N) is 1. The zero-order chi connectivity index (χ0) is 11.5. The van der Waals surface area contributed by atoms with Gasteiger partial charge in [0.05, 0.1) is 12.0 Å². The Kier molecular flexibility index (Phi) is 3.82. The van der Waals surface area contributed by atoms with Crippen LogP contribution in [0.5, 0.6) is 0 Å². The van der Waals surface area contributed by atoms with Crippen LogP contribution < -0.4 is 5.32 Å². The number of carbonyl (C=O) groups is 1. The summed E-state index contributed by atoms with van der Waals surface area (Å²) in [4.78, 5) is 14.1. The summed E-state index contributed by atoms with van der Waals surface area (Å²) in [6, 6.07) is 0. The highest BCUT2D eigenvalue weighted by Gasteiger charge is 2.31. The molecule has 92 valence electrons. The number of rotatable bonds is 1. The lowest BCUT2D eigenvalue weighted by molar-refractivity contribution is -0.139. The van der Waals surface area contributed by atoms with Gasteiger partial charge in [0, 0.05) is 19.6 Å². The molecule has 2 heterocycles. The van der Waals surface area contributed by atoms with Gasteiger partial charge < -0.3 is 15.3 Å². The van der Waals surface area contributed by atoms with Crippen LogP contribution in [0, 0.1) is 11.8 Å². The predicted octanol–water partition coefficient (Wildman–Crippen LogP) is 0.215. The molecule has 2 fully saturated rings. The van der Waals surface area contributed by atoms with E-state index in [-0.39, 0.29) is 23.8 Å². The summed E-state index contributed by atoms with van der Waals surface area (Å²) in [6.45, 7) is 5.33. The van der Waals surface area contributed by atoms with Crippen LogP contribution in [-0.4, -0.2) is 48.2 Å². The molecule has 0 aromatic carbocycles. The third-order valence-corrected chi connectivity index (χ3v) is 3.82. The van der Waals surface area contributed by atoms with E-state index in [4.69, 9.17) is 0 Å². The van der Waals surface area contributed by atoms with Gasteiger partial charge in [0.25, 0.3) is 0 Å². The van der Waals surface area contributed by atoms with Crippen molar-refractivity contribution in [2.24, 2.45) is 11.8 Å². The van der Waals surface area contributed by atoms with Crippen LogP contribution in [0.2, 0.25) is 0 Å². The van der Waals surface area contributed by atoms with Crippen molar-refractivity contribution in [2.75, 3.05) is 26.2 Å². The maximum atomic E-state index is 12.2. The molecule has 2 rings (SSSR count). The second-order valence-electron chi connectivity index (χ2n) is 5.16. The molecule has 0 aromatic rings. The van der Waals surface area contributed by atoms with Gasteiger partial charge in [-0.3, -0.25) is 4.79 Å². The fourth-order valence-electron chi connectivity index (χ4n) is 2.65. The van der Waals surface area contributed by atoms with E-state index in [9.17, 15) is 9.90 Å². The standard InChI is InChI=1S/C12H22N2O2/c1-9-8-14(6-4-11(9)15)12(16)10-3-2-5-13-7-10/h9-11,13,15H,2-8H2,1H3/t9-,10+,11-/m1/s1. The second-order valence-corrected chi connectivity index (χ2v) is 5.16. The van der Waals surface area contributed by atoms with Crippen molar-refractivity contribution in [1.82, 2.24) is 10.2 Å². The zero-order valence-electron chi connectivity index (χ0n) is 9.98. The van der Waals surface area contributed by atoms with Crippen molar-refractivity contribution in [3.05, 3.63) is 0 Å². The SMILES string of the molecule is C[C@@H]1CN(C(=O)[C@H]2CCCNC2)CC[C@H]1O. The van der Waals surface area contributed by atoms with Gasteiger partial charge in [-0.15, -0.1) is 0 Å². The zero-order valence-corrected chi connectivity index (χ0v) is 9.98. The Morgan fingerprint density at radius 2 is 2.25 bits per heavy atom. The van der Waals surface area contributed by atoms with Crippen LogP contribution in [0.3, 0.4) is 0 Å². The van der Waals surface area contributed by atoms with Gasteiger partial charge in [0.1, 0.15) is 0 Å². The second kappa shape index (κ2) is 5.15. The first-order chi connectivity index (χ1) is 7.68. The van der Waals surface area contributed by atoms with E-state index in [2.05, 4.69) is 5.32 Å². The number of aliphatic hydroxyl groups excluding tert-OH is 1. The average Bonchev–Trinajstić information content (AvgIpc) is 2.33. The molecule has 4 heteroatoms. The number of likely N-dealkylation sites (tertiary alicyclic amines) is 1. The number of hydrogen-bond donors (Lipinski definition) is 2. The molecule has 2 aliphatic heterocycles. The summed E-state index contributed by atoms with van der Waals surface area (Å²) in [7, 11) is 0. The summed E-state index contributed by atoms with van der Waals surface area (Å²) in [5.41, 5.74) is 0. The van der Waals surface area contributed by atoms with Crippen LogP contribution in [-0.2, 0) is 4.79 Å². The highest BCUT2D eigenvalue weighted by Crippen LogP contribution is 2.20. The molecule has 0 aliphatic carbocycles. The number of nitrogens with one attached hydrogen (secondary N) is 1. The molecule has 16 heavy (non-hydrogen) atoms. The molecule has 0 radical (unpaired) electrons. The third-order valence-electron chi connectivity index (χ3n) is 3.82. The summed E-state index contributed by atoms with van der Waals surface area (Å²) >= 11 is 0. The molecule has 2 N–H and O–H groups in total. The molecule has 2 aliphatic rings. The van der Waals surface area contributed by atoms with Gasteiger partial charge in [0.15, 0.2) is 0 Å². The average molecular weight is 226 g/mol. The number of amides is 1. The smallest absolute Gasteiger partial charge is 0.226 e. The van der Waals surface area contributed by atoms with E-state index >= 15 is 0 Å². The molecule has 0 bridgehead atoms. The van der Waals surface area contributed by atoms with Gasteiger partial charge >= 0.3 is 0 Å². The Balaban J connectivity index is 1.89. The molecular formula is C12H22N2O2. The van der Waals surface area contributed by atoms with Gasteiger partial charge in [-0.1, -0.05) is 6.92 Å². The number of piperidine rings is 2. The Morgan fingerprint density at radius 3 is 2.88 bits per heavy atom. The third kappa shape index (κ3) is 2.55. The van der Waals surface area contributed by atoms with E-state index in [0.717, 1.165) is 45.4 Å². The topological polar surface area (TPSA) is 52.6 Å². The minimum Gasteiger partial charge on any atom is -0.393 e. The molecule has 1 amide bonds. The van der Waals surface area contributed by atoms with E-state index in [1.54, 1.807) is 0 Å². The van der Waals surface area contributed by atoms with Gasteiger partial charge in [-0.25, -0.2) is 0 Å². The number of carbonyl (C=O) groups excluding carboxylic acids is 1. The highest BCUT2D eigenvalue weighted by molar-refractivity contribution is 5.79. The van der Waals surface area contributed by atoms with Crippen molar-refractivity contribution in [2.45, 2.75) is 32.3 Å². The number of aliphatic hydroxyl groups is 1. The Labute approximate surface area is 97.0 Å². The van der Waals surface area contributed by atoms with Crippen LogP contribution in [0.15, 0.2) is 0 Å². The van der Waals surface area contributed by atoms with Crippen LogP contribution in [0.1, 0.15) is 26.2 Å². The van der Waals surface area contributed by atoms with Crippen molar-refractivity contribution >= 4 is 5.91 Å². The Hall–Kier alpha value is -0.610. The summed E-state index contributed by atoms with van der Waals surface area (Å²) in [5, 5.41) is 12.9. The quantitative estimate of drug-likeness (QED) is 0.672. The molecule has 0 aromatic heterocycles. The molecular weight excluding hydrogens is 204 g/mol. The van der Waals surface area contributed by atoms with Crippen LogP contribution in [0.4, 0.5) is 0 Å². The first kappa shape index (κ1) is 11.9. The predicted molar refractivity (Wildman–Crippen MR) is 62.0 cm³/mol. The van der Waals surface area contributed by atoms with E-state index in [1.165, 1.54) is 0 Å². The lowest BCUT2D eigenvalue weighted by Crippen LogP contribution is -2.49. The van der Waals surface area contributed by atoms with E-state index < -0.39 is 0 Å². The van der Waals surface area contributed by atoms with Crippen LogP contribution >= 0.6 is 0 Å². The minimum absolute atomic E-state index is 0.163. The molecule has 0 spiro atoms. The molecule has 2 saturated heterocycles. The van der Waals surface area contributed by atoms with Crippen molar-refractivity contribution < 1.29 is 9.90 Å². The van der Waals surface area contributed by atoms with Gasteiger partial charge in [-0.2, -0.15) is 0 Å². The fraction of sp³-hybridized carbons (Fsp3) is 0.917. The maximum Gasteiger partial charge on any atom is 0.226 e. The largest absolute Gasteiger partial charge is 0.393 e. The Bertz CT molecular complexity index is 251. The Morgan fingerprint density at radius 1 is 1.44 bits per heavy atom. The van der Waals surface area contributed by atoms with Crippen molar-refractivity contribution in [3.63, 3.8) is 0 Å². The summed E-state index contributed by atoms with van der Waals surface area (Å²) in [5.74, 6) is 0.663. The first-order valence-corrected chi connectivity index (χ1v) is 6.36. The maximum absolute atomic E-state index is 12.2. The summed E-state index contributed by atoms with van der Waals surface area (Å²) in [6.07, 6.45) is 2.61. The molecule has 0 saturated carbocycles. The van der Waals surface area contributed by atoms with Crippen molar-refractivity contribution in [1.29, 1.82) is 0 Å². The van der Waals surface area contributed by atoms with Gasteiger partial charge in [0.2, 0.25) is 5.91 Å².